The molecular weight excluding hydrogens is 271 g/mol. The van der Waals surface area contributed by atoms with E-state index in [0.717, 1.165) is 6.07 Å². The third-order valence-corrected chi connectivity index (χ3v) is 3.43. The summed E-state index contributed by atoms with van der Waals surface area (Å²) in [4.78, 5) is 11.8. The maximum absolute atomic E-state index is 12.9. The molecule has 0 bridgehead atoms. The van der Waals surface area contributed by atoms with Gasteiger partial charge in [0.1, 0.15) is 0 Å². The van der Waals surface area contributed by atoms with Gasteiger partial charge >= 0.3 is 6.18 Å². The number of aliphatic hydroxyl groups excluding tert-OH is 1. The van der Waals surface area contributed by atoms with Crippen molar-refractivity contribution < 1.29 is 23.1 Å². The Labute approximate surface area is 114 Å². The molecule has 1 aromatic carbocycles. The fourth-order valence-electron chi connectivity index (χ4n) is 2.33. The first-order chi connectivity index (χ1) is 9.45. The van der Waals surface area contributed by atoms with Crippen LogP contribution >= 0.6 is 0 Å². The Balaban J connectivity index is 2.03. The fourth-order valence-corrected chi connectivity index (χ4v) is 2.33. The van der Waals surface area contributed by atoms with Crippen molar-refractivity contribution >= 4 is 5.91 Å². The molecule has 1 aliphatic rings. The van der Waals surface area contributed by atoms with Crippen molar-refractivity contribution in [2.75, 3.05) is 13.2 Å². The van der Waals surface area contributed by atoms with Crippen LogP contribution in [0.3, 0.4) is 0 Å². The highest BCUT2D eigenvalue weighted by Gasteiger charge is 2.47. The van der Waals surface area contributed by atoms with Gasteiger partial charge in [-0.3, -0.25) is 4.79 Å². The molecule has 2 rings (SSSR count). The molecule has 1 fully saturated rings. The minimum atomic E-state index is -4.39. The molecule has 1 saturated carbocycles. The summed E-state index contributed by atoms with van der Waals surface area (Å²) >= 11 is 0. The predicted octanol–water partition coefficient (Wildman–Crippen LogP) is 2.31. The van der Waals surface area contributed by atoms with Gasteiger partial charge in [-0.05, 0) is 30.4 Å². The molecule has 2 atom stereocenters. The van der Waals surface area contributed by atoms with E-state index in [1.165, 1.54) is 12.1 Å². The van der Waals surface area contributed by atoms with Crippen molar-refractivity contribution in [3.05, 3.63) is 35.4 Å². The van der Waals surface area contributed by atoms with Crippen LogP contribution in [0.1, 0.15) is 29.9 Å². The lowest BCUT2D eigenvalue weighted by molar-refractivity contribution is -0.138. The molecule has 110 valence electrons. The van der Waals surface area contributed by atoms with Crippen LogP contribution in [0.2, 0.25) is 0 Å². The number of alkyl halides is 3. The fraction of sp³-hybridized carbons (Fsp3) is 0.500. The number of aliphatic hydroxyl groups is 1. The van der Waals surface area contributed by atoms with Gasteiger partial charge in [-0.1, -0.05) is 18.2 Å². The Morgan fingerprint density at radius 3 is 2.70 bits per heavy atom. The van der Waals surface area contributed by atoms with E-state index in [1.54, 1.807) is 6.07 Å². The largest absolute Gasteiger partial charge is 0.416 e. The van der Waals surface area contributed by atoms with Crippen molar-refractivity contribution in [3.63, 3.8) is 0 Å². The van der Waals surface area contributed by atoms with Gasteiger partial charge in [0.2, 0.25) is 5.91 Å². The second-order valence-electron chi connectivity index (χ2n) is 4.90. The first kappa shape index (κ1) is 14.8. The molecule has 6 heteroatoms. The summed E-state index contributed by atoms with van der Waals surface area (Å²) in [5.74, 6) is -0.987. The summed E-state index contributed by atoms with van der Waals surface area (Å²) in [5.41, 5.74) is -0.460. The second-order valence-corrected chi connectivity index (χ2v) is 4.90. The minimum Gasteiger partial charge on any atom is -0.396 e. The van der Waals surface area contributed by atoms with Crippen molar-refractivity contribution in [3.8, 4) is 0 Å². The Morgan fingerprint density at radius 1 is 1.35 bits per heavy atom. The van der Waals surface area contributed by atoms with E-state index in [-0.39, 0.29) is 24.0 Å². The lowest BCUT2D eigenvalue weighted by atomic mass is 10.0. The summed E-state index contributed by atoms with van der Waals surface area (Å²) < 4.78 is 38.7. The average molecular weight is 287 g/mol. The predicted molar refractivity (Wildman–Crippen MR) is 67.0 cm³/mol. The number of hydrogen-bond donors (Lipinski definition) is 2. The average Bonchev–Trinajstić information content (AvgIpc) is 3.18. The van der Waals surface area contributed by atoms with Crippen molar-refractivity contribution in [2.45, 2.75) is 24.9 Å². The molecule has 0 saturated heterocycles. The zero-order chi connectivity index (χ0) is 14.8. The number of rotatable bonds is 5. The molecule has 0 heterocycles. The van der Waals surface area contributed by atoms with Crippen molar-refractivity contribution in [2.24, 2.45) is 5.92 Å². The molecule has 1 aromatic rings. The van der Waals surface area contributed by atoms with E-state index in [2.05, 4.69) is 5.32 Å². The normalized spacial score (nSPS) is 21.6. The molecule has 1 amide bonds. The van der Waals surface area contributed by atoms with Gasteiger partial charge in [-0.2, -0.15) is 13.2 Å². The highest BCUT2D eigenvalue weighted by molar-refractivity contribution is 5.83. The monoisotopic (exact) mass is 287 g/mol. The molecule has 20 heavy (non-hydrogen) atoms. The lowest BCUT2D eigenvalue weighted by Crippen LogP contribution is -2.27. The van der Waals surface area contributed by atoms with Gasteiger partial charge in [-0.25, -0.2) is 0 Å². The topological polar surface area (TPSA) is 49.3 Å². The Hall–Kier alpha value is -1.56. The summed E-state index contributed by atoms with van der Waals surface area (Å²) in [6.07, 6.45) is -3.50. The SMILES string of the molecule is O=C(NCCCO)C1CC1c1ccccc1C(F)(F)F. The van der Waals surface area contributed by atoms with Crippen LogP contribution in [0, 0.1) is 5.92 Å². The van der Waals surface area contributed by atoms with Crippen molar-refractivity contribution in [1.82, 2.24) is 5.32 Å². The van der Waals surface area contributed by atoms with Crippen LogP contribution in [-0.4, -0.2) is 24.2 Å². The maximum Gasteiger partial charge on any atom is 0.416 e. The lowest BCUT2D eigenvalue weighted by Gasteiger charge is -2.12. The van der Waals surface area contributed by atoms with E-state index in [4.69, 9.17) is 5.11 Å². The van der Waals surface area contributed by atoms with Gasteiger partial charge in [0.25, 0.3) is 0 Å². The summed E-state index contributed by atoms with van der Waals surface area (Å²) in [7, 11) is 0. The Kier molecular flexibility index (Phi) is 4.32. The van der Waals surface area contributed by atoms with Gasteiger partial charge in [0.05, 0.1) is 5.56 Å². The van der Waals surface area contributed by atoms with Crippen LogP contribution < -0.4 is 5.32 Å². The summed E-state index contributed by atoms with van der Waals surface area (Å²) in [5, 5.41) is 11.2. The number of benzene rings is 1. The quantitative estimate of drug-likeness (QED) is 0.816. The molecule has 0 radical (unpaired) electrons. The zero-order valence-corrected chi connectivity index (χ0v) is 10.8. The first-order valence-corrected chi connectivity index (χ1v) is 6.50. The van der Waals surface area contributed by atoms with Gasteiger partial charge in [-0.15, -0.1) is 0 Å². The smallest absolute Gasteiger partial charge is 0.396 e. The number of hydrogen-bond acceptors (Lipinski definition) is 2. The van der Waals surface area contributed by atoms with E-state index in [1.807, 2.05) is 0 Å². The number of carbonyl (C=O) groups is 1. The number of nitrogens with one attached hydrogen (secondary N) is 1. The van der Waals surface area contributed by atoms with Crippen LogP contribution in [0.5, 0.6) is 0 Å². The first-order valence-electron chi connectivity index (χ1n) is 6.50. The highest BCUT2D eigenvalue weighted by Crippen LogP contribution is 2.50. The Bertz CT molecular complexity index is 488. The number of carbonyl (C=O) groups excluding carboxylic acids is 1. The molecular formula is C14H16F3NO2. The van der Waals surface area contributed by atoms with E-state index in [9.17, 15) is 18.0 Å². The van der Waals surface area contributed by atoms with Gasteiger partial charge < -0.3 is 10.4 Å². The molecule has 0 aliphatic heterocycles. The molecule has 2 N–H and O–H groups in total. The zero-order valence-electron chi connectivity index (χ0n) is 10.8. The minimum absolute atomic E-state index is 0.0225. The molecule has 0 aromatic heterocycles. The molecule has 2 unspecified atom stereocenters. The molecule has 0 spiro atoms. The molecule has 1 aliphatic carbocycles. The van der Waals surface area contributed by atoms with Crippen LogP contribution in [-0.2, 0) is 11.0 Å². The third-order valence-electron chi connectivity index (χ3n) is 3.43. The number of halogens is 3. The van der Waals surface area contributed by atoms with E-state index >= 15 is 0 Å². The van der Waals surface area contributed by atoms with Gasteiger partial charge in [0, 0.05) is 19.1 Å². The third kappa shape index (κ3) is 3.30. The summed E-state index contributed by atoms with van der Waals surface area (Å²) in [6, 6.07) is 5.40. The van der Waals surface area contributed by atoms with Crippen LogP contribution in [0.25, 0.3) is 0 Å². The molecule has 3 nitrogen and oxygen atoms in total. The maximum atomic E-state index is 12.9. The van der Waals surface area contributed by atoms with Crippen LogP contribution in [0.4, 0.5) is 13.2 Å². The van der Waals surface area contributed by atoms with E-state index in [0.29, 0.717) is 19.4 Å². The standard InChI is InChI=1S/C14H16F3NO2/c15-14(16,17)12-5-2-1-4-9(12)10-8-11(10)13(20)18-6-3-7-19/h1-2,4-5,10-11,19H,3,6-8H2,(H,18,20). The van der Waals surface area contributed by atoms with E-state index < -0.39 is 17.7 Å². The van der Waals surface area contributed by atoms with Crippen LogP contribution in [0.15, 0.2) is 24.3 Å². The second kappa shape index (κ2) is 5.83. The Morgan fingerprint density at radius 2 is 2.05 bits per heavy atom. The van der Waals surface area contributed by atoms with Crippen molar-refractivity contribution in [1.29, 1.82) is 0 Å². The summed E-state index contributed by atoms with van der Waals surface area (Å²) in [6.45, 7) is 0.324. The number of amides is 1. The van der Waals surface area contributed by atoms with Gasteiger partial charge in [0.15, 0.2) is 0 Å². The highest BCUT2D eigenvalue weighted by atomic mass is 19.4.